The van der Waals surface area contributed by atoms with E-state index in [1.807, 2.05) is 36.4 Å². The van der Waals surface area contributed by atoms with E-state index in [1.165, 1.54) is 0 Å². The molecule has 2 aliphatic rings. The zero-order valence-electron chi connectivity index (χ0n) is 14.0. The van der Waals surface area contributed by atoms with Crippen molar-refractivity contribution in [3.8, 4) is 0 Å². The van der Waals surface area contributed by atoms with Gasteiger partial charge in [-0.3, -0.25) is 9.59 Å². The molecule has 0 saturated heterocycles. The fraction of sp³-hybridized carbons (Fsp3) is 0.300. The van der Waals surface area contributed by atoms with Crippen molar-refractivity contribution in [3.05, 3.63) is 69.2 Å². The smallest absolute Gasteiger partial charge is 0.255 e. The first-order valence-corrected chi connectivity index (χ1v) is 9.03. The second kappa shape index (κ2) is 5.51. The summed E-state index contributed by atoms with van der Waals surface area (Å²) in [4.78, 5) is 27.5. The van der Waals surface area contributed by atoms with Gasteiger partial charge < -0.3 is 10.0 Å². The van der Waals surface area contributed by atoms with Crippen molar-refractivity contribution < 1.29 is 14.7 Å². The van der Waals surface area contributed by atoms with Crippen LogP contribution in [0.3, 0.4) is 0 Å². The van der Waals surface area contributed by atoms with Crippen LogP contribution in [-0.2, 0) is 6.54 Å². The van der Waals surface area contributed by atoms with Crippen LogP contribution in [0.15, 0.2) is 46.9 Å². The first-order chi connectivity index (χ1) is 11.8. The van der Waals surface area contributed by atoms with E-state index in [0.717, 1.165) is 10.0 Å². The summed E-state index contributed by atoms with van der Waals surface area (Å²) in [5, 5.41) is 11.0. The Morgan fingerprint density at radius 2 is 1.84 bits per heavy atom. The zero-order valence-corrected chi connectivity index (χ0v) is 15.6. The van der Waals surface area contributed by atoms with Crippen LogP contribution in [-0.4, -0.2) is 27.8 Å². The van der Waals surface area contributed by atoms with Crippen LogP contribution in [0.1, 0.15) is 51.7 Å². The number of halogens is 1. The van der Waals surface area contributed by atoms with Gasteiger partial charge in [0, 0.05) is 22.1 Å². The summed E-state index contributed by atoms with van der Waals surface area (Å²) in [5.74, 6) is -0.196. The summed E-state index contributed by atoms with van der Waals surface area (Å²) in [7, 11) is 0. The summed E-state index contributed by atoms with van der Waals surface area (Å²) in [6, 6.07) is 12.4. The molecule has 0 radical (unpaired) electrons. The quantitative estimate of drug-likeness (QED) is 0.794. The normalized spacial score (nSPS) is 24.2. The summed E-state index contributed by atoms with van der Waals surface area (Å²) in [6.45, 7) is 3.92. The van der Waals surface area contributed by atoms with Crippen LogP contribution in [0.25, 0.3) is 0 Å². The number of carbonyl (C=O) groups is 2. The molecule has 2 unspecified atom stereocenters. The number of hydrogen-bond donors (Lipinski definition) is 1. The number of aliphatic hydroxyl groups is 1. The van der Waals surface area contributed by atoms with Crippen molar-refractivity contribution in [1.82, 2.24) is 4.90 Å². The summed E-state index contributed by atoms with van der Waals surface area (Å²) < 4.78 is 0.820. The predicted octanol–water partition coefficient (Wildman–Crippen LogP) is 3.73. The molecule has 0 aromatic heterocycles. The van der Waals surface area contributed by atoms with Crippen LogP contribution in [0.5, 0.6) is 0 Å². The molecule has 128 valence electrons. The lowest BCUT2D eigenvalue weighted by atomic mass is 9.68. The molecule has 0 bridgehead atoms. The molecule has 2 aromatic rings. The van der Waals surface area contributed by atoms with Crippen molar-refractivity contribution in [3.63, 3.8) is 0 Å². The highest BCUT2D eigenvalue weighted by molar-refractivity contribution is 9.10. The van der Waals surface area contributed by atoms with Gasteiger partial charge in [0.25, 0.3) is 5.91 Å². The largest absolute Gasteiger partial charge is 0.390 e. The number of rotatable bonds is 1. The average molecular weight is 400 g/mol. The molecular formula is C20H18BrNO3. The molecule has 1 amide bonds. The molecule has 1 aliphatic carbocycles. The SMILES string of the molecule is CC1(C)C(=O)c2ccc(Br)cc2C(N2Cc3ccccc3C2=O)C1O. The number of amides is 1. The van der Waals surface area contributed by atoms with Crippen molar-refractivity contribution in [2.24, 2.45) is 5.41 Å². The third-order valence-electron chi connectivity index (χ3n) is 5.39. The molecule has 2 atom stereocenters. The van der Waals surface area contributed by atoms with Gasteiger partial charge in [-0.05, 0) is 49.2 Å². The summed E-state index contributed by atoms with van der Waals surface area (Å²) in [6.07, 6.45) is -0.972. The Morgan fingerprint density at radius 3 is 2.56 bits per heavy atom. The maximum atomic E-state index is 12.9. The van der Waals surface area contributed by atoms with Gasteiger partial charge in [0.2, 0.25) is 0 Å². The maximum absolute atomic E-state index is 12.9. The van der Waals surface area contributed by atoms with Crippen LogP contribution < -0.4 is 0 Å². The highest BCUT2D eigenvalue weighted by Crippen LogP contribution is 2.46. The monoisotopic (exact) mass is 399 g/mol. The highest BCUT2D eigenvalue weighted by atomic mass is 79.9. The first-order valence-electron chi connectivity index (χ1n) is 8.23. The molecule has 1 heterocycles. The molecular weight excluding hydrogens is 382 g/mol. The Hall–Kier alpha value is -1.98. The number of hydrogen-bond acceptors (Lipinski definition) is 3. The molecule has 4 rings (SSSR count). The molecule has 0 spiro atoms. The number of nitrogens with zero attached hydrogens (tertiary/aromatic N) is 1. The van der Waals surface area contributed by atoms with Crippen molar-refractivity contribution in [1.29, 1.82) is 0 Å². The van der Waals surface area contributed by atoms with E-state index in [0.29, 0.717) is 23.2 Å². The number of Topliss-reactive ketones (excluding diaryl/α,β-unsaturated/α-hetero) is 1. The molecule has 5 heteroatoms. The lowest BCUT2D eigenvalue weighted by Gasteiger charge is -2.44. The Labute approximate surface area is 154 Å². The number of carbonyl (C=O) groups excluding carboxylic acids is 2. The minimum Gasteiger partial charge on any atom is -0.390 e. The van der Waals surface area contributed by atoms with Crippen molar-refractivity contribution in [2.45, 2.75) is 32.5 Å². The Morgan fingerprint density at radius 1 is 1.12 bits per heavy atom. The number of fused-ring (bicyclic) bond motifs is 2. The second-order valence-electron chi connectivity index (χ2n) is 7.26. The van der Waals surface area contributed by atoms with E-state index >= 15 is 0 Å². The van der Waals surface area contributed by atoms with Crippen LogP contribution in [0.2, 0.25) is 0 Å². The Kier molecular flexibility index (Phi) is 3.63. The van der Waals surface area contributed by atoms with E-state index in [-0.39, 0.29) is 11.7 Å². The van der Waals surface area contributed by atoms with E-state index in [1.54, 1.807) is 24.8 Å². The number of aliphatic hydroxyl groups excluding tert-OH is 1. The Balaban J connectivity index is 1.87. The lowest BCUT2D eigenvalue weighted by Crippen LogP contribution is -2.51. The fourth-order valence-electron chi connectivity index (χ4n) is 3.87. The molecule has 1 N–H and O–H groups in total. The molecule has 1 aliphatic heterocycles. The topological polar surface area (TPSA) is 57.6 Å². The van der Waals surface area contributed by atoms with Crippen LogP contribution >= 0.6 is 15.9 Å². The van der Waals surface area contributed by atoms with E-state index in [9.17, 15) is 14.7 Å². The van der Waals surface area contributed by atoms with Gasteiger partial charge in [0.1, 0.15) is 0 Å². The molecule has 0 saturated carbocycles. The predicted molar refractivity (Wildman–Crippen MR) is 97.3 cm³/mol. The third-order valence-corrected chi connectivity index (χ3v) is 5.88. The summed E-state index contributed by atoms with van der Waals surface area (Å²) in [5.41, 5.74) is 1.94. The number of ketones is 1. The van der Waals surface area contributed by atoms with Crippen LogP contribution in [0.4, 0.5) is 0 Å². The van der Waals surface area contributed by atoms with Gasteiger partial charge in [-0.25, -0.2) is 0 Å². The summed E-state index contributed by atoms with van der Waals surface area (Å²) >= 11 is 3.44. The van der Waals surface area contributed by atoms with E-state index < -0.39 is 17.6 Å². The minimum atomic E-state index is -0.972. The Bertz CT molecular complexity index is 906. The molecule has 0 fully saturated rings. The number of benzene rings is 2. The molecule has 25 heavy (non-hydrogen) atoms. The second-order valence-corrected chi connectivity index (χ2v) is 8.18. The molecule has 4 nitrogen and oxygen atoms in total. The van der Waals surface area contributed by atoms with Gasteiger partial charge in [0.05, 0.1) is 17.6 Å². The van der Waals surface area contributed by atoms with Crippen molar-refractivity contribution in [2.75, 3.05) is 0 Å². The fourth-order valence-corrected chi connectivity index (χ4v) is 4.25. The standard InChI is InChI=1S/C20H18BrNO3/c1-20(2)17(23)14-8-7-12(21)9-15(14)16(18(20)24)22-10-11-5-3-4-6-13(11)19(22)25/h3-9,16,18,24H,10H2,1-2H3. The lowest BCUT2D eigenvalue weighted by molar-refractivity contribution is -0.0201. The zero-order chi connectivity index (χ0) is 17.9. The van der Waals surface area contributed by atoms with Gasteiger partial charge >= 0.3 is 0 Å². The van der Waals surface area contributed by atoms with E-state index in [4.69, 9.17) is 0 Å². The van der Waals surface area contributed by atoms with E-state index in [2.05, 4.69) is 15.9 Å². The van der Waals surface area contributed by atoms with Gasteiger partial charge in [-0.1, -0.05) is 34.1 Å². The third kappa shape index (κ3) is 2.29. The minimum absolute atomic E-state index is 0.0945. The van der Waals surface area contributed by atoms with Gasteiger partial charge in [-0.15, -0.1) is 0 Å². The molecule has 2 aromatic carbocycles. The highest BCUT2D eigenvalue weighted by Gasteiger charge is 2.51. The van der Waals surface area contributed by atoms with Gasteiger partial charge in [0.15, 0.2) is 5.78 Å². The average Bonchev–Trinajstić information content (AvgIpc) is 2.91. The first kappa shape index (κ1) is 16.5. The van der Waals surface area contributed by atoms with Gasteiger partial charge in [-0.2, -0.15) is 0 Å². The van der Waals surface area contributed by atoms with Crippen LogP contribution in [0, 0.1) is 5.41 Å². The van der Waals surface area contributed by atoms with Crippen molar-refractivity contribution >= 4 is 27.6 Å². The maximum Gasteiger partial charge on any atom is 0.255 e.